The van der Waals surface area contributed by atoms with Crippen LogP contribution in [0.4, 0.5) is 0 Å². The van der Waals surface area contributed by atoms with E-state index in [2.05, 4.69) is 27.1 Å². The van der Waals surface area contributed by atoms with E-state index in [1.54, 1.807) is 17.0 Å². The lowest BCUT2D eigenvalue weighted by Crippen LogP contribution is -2.42. The Hall–Kier alpha value is -5.42. The molecule has 1 amide bonds. The average molecular weight is 553 g/mol. The lowest BCUT2D eigenvalue weighted by atomic mass is 10.0. The molecular weight excluding hydrogens is 524 g/mol. The Morgan fingerprint density at radius 1 is 1.12 bits per heavy atom. The fraction of sp³-hybridized carbons (Fsp3) is 0.176. The Bertz CT molecular complexity index is 1960. The van der Waals surface area contributed by atoms with E-state index >= 15 is 0 Å². The number of amides is 1. The van der Waals surface area contributed by atoms with Gasteiger partial charge in [0.2, 0.25) is 0 Å². The normalized spacial score (nSPS) is 19.6. The number of nitrogens with two attached hydrogens (primary N) is 1. The van der Waals surface area contributed by atoms with Crippen molar-refractivity contribution in [2.45, 2.75) is 31.3 Å². The fourth-order valence-electron chi connectivity index (χ4n) is 5.68. The van der Waals surface area contributed by atoms with Crippen LogP contribution in [0.1, 0.15) is 31.0 Å². The highest BCUT2D eigenvalue weighted by Crippen LogP contribution is 2.47. The van der Waals surface area contributed by atoms with Gasteiger partial charge in [0.05, 0.1) is 22.7 Å². The number of hydrogen-bond donors (Lipinski definition) is 2. The van der Waals surface area contributed by atoms with Crippen molar-refractivity contribution in [3.8, 4) is 17.5 Å². The van der Waals surface area contributed by atoms with E-state index < -0.39 is 5.54 Å². The SMILES string of the molecule is CC1C=C(C#Cc2cccc3cc(C4(NC(=O)C5=C6N=CC=CN6CC=C5N)CC4)n(-c4ccccc4)c(=O)c23)C=N1. The predicted molar refractivity (Wildman–Crippen MR) is 165 cm³/mol. The standard InChI is InChI=1S/C34H28N6O2/c1-22-19-23(21-37-22)11-12-24-7-5-8-25-20-28(40(33(42)29(24)25)26-9-3-2-4-10-26)34(14-15-34)38-32(41)30-27(35)13-18-39-17-6-16-36-31(30)39/h2-10,13,16-17,19-22H,14-15,18,35H2,1H3,(H,38,41). The lowest BCUT2D eigenvalue weighted by Gasteiger charge is -2.29. The van der Waals surface area contributed by atoms with Crippen molar-refractivity contribution in [2.75, 3.05) is 6.54 Å². The number of aliphatic imine (C=N–C) groups is 2. The summed E-state index contributed by atoms with van der Waals surface area (Å²) < 4.78 is 1.71. The first-order valence-electron chi connectivity index (χ1n) is 14.0. The van der Waals surface area contributed by atoms with Gasteiger partial charge in [-0.25, -0.2) is 4.99 Å². The molecule has 1 atom stereocenters. The van der Waals surface area contributed by atoms with Crippen molar-refractivity contribution in [2.24, 2.45) is 15.7 Å². The van der Waals surface area contributed by atoms with Crippen LogP contribution in [-0.2, 0) is 10.3 Å². The Morgan fingerprint density at radius 3 is 2.71 bits per heavy atom. The zero-order valence-electron chi connectivity index (χ0n) is 23.0. The van der Waals surface area contributed by atoms with Crippen LogP contribution in [0.5, 0.6) is 0 Å². The second-order valence-corrected chi connectivity index (χ2v) is 10.8. The van der Waals surface area contributed by atoms with Crippen molar-refractivity contribution in [3.05, 3.63) is 123 Å². The Balaban J connectivity index is 1.36. The van der Waals surface area contributed by atoms with Gasteiger partial charge in [0.1, 0.15) is 11.4 Å². The molecule has 8 heteroatoms. The number of benzene rings is 2. The van der Waals surface area contributed by atoms with Gasteiger partial charge in [-0.1, -0.05) is 42.2 Å². The van der Waals surface area contributed by atoms with Gasteiger partial charge in [-0.15, -0.1) is 0 Å². The summed E-state index contributed by atoms with van der Waals surface area (Å²) in [5.74, 6) is 6.58. The molecule has 1 unspecified atom stereocenters. The number of allylic oxidation sites excluding steroid dienone is 2. The molecule has 1 fully saturated rings. The van der Waals surface area contributed by atoms with E-state index in [1.165, 1.54) is 0 Å². The second kappa shape index (κ2) is 9.89. The fourth-order valence-corrected chi connectivity index (χ4v) is 5.68. The highest BCUT2D eigenvalue weighted by atomic mass is 16.2. The van der Waals surface area contributed by atoms with E-state index in [4.69, 9.17) is 5.73 Å². The van der Waals surface area contributed by atoms with Crippen LogP contribution < -0.4 is 16.6 Å². The van der Waals surface area contributed by atoms with Gasteiger partial charge in [0.15, 0.2) is 0 Å². The van der Waals surface area contributed by atoms with Gasteiger partial charge in [0, 0.05) is 47.7 Å². The number of nitrogens with zero attached hydrogens (tertiary/aromatic N) is 4. The van der Waals surface area contributed by atoms with Crippen molar-refractivity contribution in [1.29, 1.82) is 0 Å². The Labute approximate surface area is 243 Å². The number of carbonyl (C=O) groups is 1. The van der Waals surface area contributed by atoms with Gasteiger partial charge >= 0.3 is 0 Å². The summed E-state index contributed by atoms with van der Waals surface area (Å²) in [6.45, 7) is 2.55. The first-order chi connectivity index (χ1) is 20.4. The molecule has 7 rings (SSSR count). The molecule has 2 aromatic carbocycles. The molecule has 0 bridgehead atoms. The summed E-state index contributed by atoms with van der Waals surface area (Å²) in [5, 5.41) is 4.55. The number of para-hydroxylation sites is 1. The van der Waals surface area contributed by atoms with Crippen LogP contribution in [0.15, 0.2) is 116 Å². The van der Waals surface area contributed by atoms with Gasteiger partial charge in [0.25, 0.3) is 11.5 Å². The second-order valence-electron chi connectivity index (χ2n) is 10.8. The molecule has 3 aliphatic heterocycles. The summed E-state index contributed by atoms with van der Waals surface area (Å²) in [7, 11) is 0. The molecule has 4 aliphatic rings. The van der Waals surface area contributed by atoms with Crippen LogP contribution in [0.2, 0.25) is 0 Å². The molecule has 1 aromatic heterocycles. The van der Waals surface area contributed by atoms with Crippen LogP contribution >= 0.6 is 0 Å². The van der Waals surface area contributed by atoms with Crippen LogP contribution in [-0.4, -0.2) is 40.4 Å². The van der Waals surface area contributed by atoms with Gasteiger partial charge in [-0.05, 0) is 67.6 Å². The molecule has 42 heavy (non-hydrogen) atoms. The number of carbonyl (C=O) groups excluding carboxylic acids is 1. The monoisotopic (exact) mass is 552 g/mol. The Morgan fingerprint density at radius 2 is 1.95 bits per heavy atom. The highest BCUT2D eigenvalue weighted by Gasteiger charge is 2.49. The number of rotatable bonds is 4. The molecule has 0 spiro atoms. The molecule has 3 N–H and O–H groups in total. The van der Waals surface area contributed by atoms with E-state index in [-0.39, 0.29) is 17.5 Å². The van der Waals surface area contributed by atoms with Gasteiger partial charge in [-0.2, -0.15) is 0 Å². The molecule has 1 aliphatic carbocycles. The predicted octanol–water partition coefficient (Wildman–Crippen LogP) is 3.81. The van der Waals surface area contributed by atoms with E-state index in [9.17, 15) is 9.59 Å². The van der Waals surface area contributed by atoms with Crippen molar-refractivity contribution >= 4 is 29.1 Å². The van der Waals surface area contributed by atoms with Crippen LogP contribution in [0.25, 0.3) is 16.5 Å². The number of hydrogen-bond acceptors (Lipinski definition) is 6. The smallest absolute Gasteiger partial charge is 0.264 e. The molecular formula is C34H28N6O2. The summed E-state index contributed by atoms with van der Waals surface area (Å²) in [6.07, 6.45) is 12.3. The summed E-state index contributed by atoms with van der Waals surface area (Å²) in [6, 6.07) is 17.3. The van der Waals surface area contributed by atoms with E-state index in [0.29, 0.717) is 47.4 Å². The van der Waals surface area contributed by atoms with E-state index in [0.717, 1.165) is 22.3 Å². The van der Waals surface area contributed by atoms with Gasteiger partial charge < -0.3 is 16.0 Å². The molecule has 0 radical (unpaired) electrons. The summed E-state index contributed by atoms with van der Waals surface area (Å²) >= 11 is 0. The third-order valence-corrected chi connectivity index (χ3v) is 7.93. The van der Waals surface area contributed by atoms with Crippen LogP contribution in [0, 0.1) is 11.8 Å². The first kappa shape index (κ1) is 25.5. The zero-order chi connectivity index (χ0) is 28.8. The zero-order valence-corrected chi connectivity index (χ0v) is 23.0. The third-order valence-electron chi connectivity index (χ3n) is 7.93. The lowest BCUT2D eigenvalue weighted by molar-refractivity contribution is -0.118. The number of pyridine rings is 1. The molecule has 3 aromatic rings. The van der Waals surface area contributed by atoms with E-state index in [1.807, 2.05) is 90.8 Å². The minimum absolute atomic E-state index is 0.102. The van der Waals surface area contributed by atoms with Crippen molar-refractivity contribution in [1.82, 2.24) is 14.8 Å². The molecule has 1 saturated carbocycles. The van der Waals surface area contributed by atoms with Crippen LogP contribution in [0.3, 0.4) is 0 Å². The molecule has 206 valence electrons. The highest BCUT2D eigenvalue weighted by molar-refractivity contribution is 6.00. The van der Waals surface area contributed by atoms with Crippen molar-refractivity contribution < 1.29 is 4.79 Å². The minimum atomic E-state index is -0.743. The number of fused-ring (bicyclic) bond motifs is 2. The summed E-state index contributed by atoms with van der Waals surface area (Å²) in [4.78, 5) is 38.9. The van der Waals surface area contributed by atoms with Crippen molar-refractivity contribution in [3.63, 3.8) is 0 Å². The minimum Gasteiger partial charge on any atom is -0.398 e. The number of nitrogens with one attached hydrogen (secondary N) is 1. The molecule has 4 heterocycles. The number of aromatic nitrogens is 1. The largest absolute Gasteiger partial charge is 0.398 e. The third kappa shape index (κ3) is 4.36. The molecule has 8 nitrogen and oxygen atoms in total. The average Bonchev–Trinajstić information content (AvgIpc) is 3.66. The maximum absolute atomic E-state index is 14.4. The first-order valence-corrected chi connectivity index (χ1v) is 14.0. The molecule has 0 saturated heterocycles. The maximum atomic E-state index is 14.4. The maximum Gasteiger partial charge on any atom is 0.264 e. The quantitative estimate of drug-likeness (QED) is 0.480. The topological polar surface area (TPSA) is 105 Å². The Kier molecular flexibility index (Phi) is 6.02. The summed E-state index contributed by atoms with van der Waals surface area (Å²) in [5.41, 5.74) is 9.03. The van der Waals surface area contributed by atoms with Gasteiger partial charge in [-0.3, -0.25) is 19.1 Å².